The summed E-state index contributed by atoms with van der Waals surface area (Å²) in [5.74, 6) is -1.17. The minimum Gasteiger partial charge on any atom is -0.327 e. The summed E-state index contributed by atoms with van der Waals surface area (Å²) in [5, 5.41) is 8.46. The zero-order valence-electron chi connectivity index (χ0n) is 19.8. The van der Waals surface area contributed by atoms with E-state index in [0.29, 0.717) is 23.5 Å². The molecule has 0 aliphatic carbocycles. The van der Waals surface area contributed by atoms with Gasteiger partial charge in [0.2, 0.25) is 0 Å². The van der Waals surface area contributed by atoms with Crippen molar-refractivity contribution in [2.45, 2.75) is 25.2 Å². The summed E-state index contributed by atoms with van der Waals surface area (Å²) < 4.78 is 1.56. The van der Waals surface area contributed by atoms with Gasteiger partial charge in [-0.3, -0.25) is 19.3 Å². The summed E-state index contributed by atoms with van der Waals surface area (Å²) in [6.45, 7) is 0.587. The highest BCUT2D eigenvalue weighted by molar-refractivity contribution is 6.52. The molecule has 3 heterocycles. The van der Waals surface area contributed by atoms with E-state index in [0.717, 1.165) is 11.1 Å². The van der Waals surface area contributed by atoms with E-state index in [2.05, 4.69) is 10.3 Å². The SMILES string of the molecule is O=C1C(=O)N(Cc2cn([C@@H]3C(=O)N(Cc4ccccc4)[C@@H]3/C=C/c3ccccc3)nn2)c2ccccc21. The van der Waals surface area contributed by atoms with Crippen LogP contribution in [0.2, 0.25) is 0 Å². The smallest absolute Gasteiger partial charge is 0.299 e. The molecule has 1 fully saturated rings. The fourth-order valence-corrected chi connectivity index (χ4v) is 4.86. The molecule has 0 unspecified atom stereocenters. The van der Waals surface area contributed by atoms with E-state index in [4.69, 9.17) is 0 Å². The lowest BCUT2D eigenvalue weighted by Crippen LogP contribution is -2.59. The molecule has 2 aliphatic heterocycles. The van der Waals surface area contributed by atoms with Crippen molar-refractivity contribution >= 4 is 29.4 Å². The number of ketones is 1. The van der Waals surface area contributed by atoms with Crippen LogP contribution >= 0.6 is 0 Å². The van der Waals surface area contributed by atoms with E-state index in [1.54, 1.807) is 35.1 Å². The Labute approximate surface area is 213 Å². The van der Waals surface area contributed by atoms with Gasteiger partial charge in [0, 0.05) is 6.54 Å². The Morgan fingerprint density at radius 3 is 2.30 bits per heavy atom. The first kappa shape index (κ1) is 22.6. The van der Waals surface area contributed by atoms with Crippen LogP contribution in [-0.4, -0.2) is 43.5 Å². The van der Waals surface area contributed by atoms with Crippen LogP contribution < -0.4 is 4.90 Å². The maximum Gasteiger partial charge on any atom is 0.299 e. The Morgan fingerprint density at radius 2 is 1.51 bits per heavy atom. The summed E-state index contributed by atoms with van der Waals surface area (Å²) in [5.41, 5.74) is 3.53. The molecule has 2 aliphatic rings. The van der Waals surface area contributed by atoms with Crippen molar-refractivity contribution in [1.29, 1.82) is 0 Å². The van der Waals surface area contributed by atoms with Crippen LogP contribution in [0.4, 0.5) is 5.69 Å². The number of likely N-dealkylation sites (tertiary alicyclic amines) is 1. The minimum absolute atomic E-state index is 0.0548. The standard InChI is InChI=1S/C29H23N5O3/c35-27-23-13-7-8-14-24(23)33(29(27)37)18-22-19-34(31-30-22)26-25(16-15-20-9-3-1-4-10-20)32(28(26)36)17-21-11-5-2-6-12-21/h1-16,19,25-26H,17-18H2/b16-15+/t25-,26+/m1/s1. The largest absolute Gasteiger partial charge is 0.327 e. The number of β-lactam (4-membered cyclic amide) rings is 1. The van der Waals surface area contributed by atoms with E-state index < -0.39 is 17.7 Å². The number of carbonyl (C=O) groups excluding carboxylic acids is 3. The third kappa shape index (κ3) is 4.12. The number of rotatable bonds is 7. The van der Waals surface area contributed by atoms with Gasteiger partial charge in [0.25, 0.3) is 17.6 Å². The van der Waals surface area contributed by atoms with Crippen LogP contribution in [0, 0.1) is 0 Å². The number of anilines is 1. The predicted molar refractivity (Wildman–Crippen MR) is 137 cm³/mol. The Kier molecular flexibility index (Phi) is 5.69. The average Bonchev–Trinajstić information content (AvgIpc) is 3.49. The monoisotopic (exact) mass is 489 g/mol. The number of para-hydroxylation sites is 1. The van der Waals surface area contributed by atoms with Crippen molar-refractivity contribution in [3.63, 3.8) is 0 Å². The lowest BCUT2D eigenvalue weighted by atomic mass is 9.93. The van der Waals surface area contributed by atoms with Gasteiger partial charge in [-0.25, -0.2) is 4.68 Å². The zero-order chi connectivity index (χ0) is 25.4. The van der Waals surface area contributed by atoms with Crippen LogP contribution in [0.1, 0.15) is 33.2 Å². The van der Waals surface area contributed by atoms with Crippen molar-refractivity contribution < 1.29 is 14.4 Å². The number of amides is 2. The van der Waals surface area contributed by atoms with E-state index in [1.165, 1.54) is 4.90 Å². The molecule has 0 N–H and O–H groups in total. The summed E-state index contributed by atoms with van der Waals surface area (Å²) in [4.78, 5) is 41.4. The highest BCUT2D eigenvalue weighted by Gasteiger charge is 2.48. The van der Waals surface area contributed by atoms with Crippen molar-refractivity contribution in [2.75, 3.05) is 4.90 Å². The van der Waals surface area contributed by atoms with Crippen LogP contribution in [0.5, 0.6) is 0 Å². The molecule has 1 aromatic heterocycles. The quantitative estimate of drug-likeness (QED) is 0.292. The third-order valence-electron chi connectivity index (χ3n) is 6.74. The normalized spacial score (nSPS) is 19.0. The molecule has 0 spiro atoms. The molecule has 37 heavy (non-hydrogen) atoms. The summed E-state index contributed by atoms with van der Waals surface area (Å²) in [6, 6.07) is 25.9. The Bertz CT molecular complexity index is 1510. The van der Waals surface area contributed by atoms with E-state index >= 15 is 0 Å². The lowest BCUT2D eigenvalue weighted by molar-refractivity contribution is -0.153. The van der Waals surface area contributed by atoms with Gasteiger partial charge in [0.1, 0.15) is 5.69 Å². The topological polar surface area (TPSA) is 88.4 Å². The first-order chi connectivity index (χ1) is 18.1. The van der Waals surface area contributed by atoms with Gasteiger partial charge in [-0.15, -0.1) is 5.10 Å². The van der Waals surface area contributed by atoms with Gasteiger partial charge >= 0.3 is 0 Å². The molecule has 182 valence electrons. The Morgan fingerprint density at radius 1 is 0.811 bits per heavy atom. The predicted octanol–water partition coefficient (Wildman–Crippen LogP) is 3.67. The molecule has 3 aromatic carbocycles. The molecular formula is C29H23N5O3. The molecule has 0 radical (unpaired) electrons. The van der Waals surface area contributed by atoms with Crippen LogP contribution in [0.3, 0.4) is 0 Å². The first-order valence-corrected chi connectivity index (χ1v) is 12.0. The molecule has 8 nitrogen and oxygen atoms in total. The molecule has 2 amide bonds. The van der Waals surface area contributed by atoms with Gasteiger partial charge in [-0.2, -0.15) is 0 Å². The first-order valence-electron chi connectivity index (χ1n) is 12.0. The van der Waals surface area contributed by atoms with Crippen LogP contribution in [0.25, 0.3) is 6.08 Å². The number of hydrogen-bond acceptors (Lipinski definition) is 5. The molecule has 2 atom stereocenters. The van der Waals surface area contributed by atoms with Crippen molar-refractivity contribution in [2.24, 2.45) is 0 Å². The van der Waals surface area contributed by atoms with Crippen LogP contribution in [0.15, 0.2) is 97.2 Å². The maximum absolute atomic E-state index is 13.3. The van der Waals surface area contributed by atoms with Crippen molar-refractivity contribution in [3.05, 3.63) is 120 Å². The number of Topliss-reactive ketones (excluding diaryl/α,β-unsaturated/α-hetero) is 1. The second-order valence-corrected chi connectivity index (χ2v) is 9.08. The van der Waals surface area contributed by atoms with E-state index in [1.807, 2.05) is 77.7 Å². The van der Waals surface area contributed by atoms with Gasteiger partial charge in [0.05, 0.1) is 30.0 Å². The van der Waals surface area contributed by atoms with Crippen molar-refractivity contribution in [3.8, 4) is 0 Å². The molecule has 0 saturated carbocycles. The molecule has 1 saturated heterocycles. The number of benzene rings is 3. The number of aromatic nitrogens is 3. The van der Waals surface area contributed by atoms with Crippen LogP contribution in [-0.2, 0) is 22.7 Å². The molecular weight excluding hydrogens is 466 g/mol. The number of nitrogens with zero attached hydrogens (tertiary/aromatic N) is 5. The Hall–Kier alpha value is -4.85. The fraction of sp³-hybridized carbons (Fsp3) is 0.138. The highest BCUT2D eigenvalue weighted by atomic mass is 16.2. The maximum atomic E-state index is 13.3. The Balaban J connectivity index is 1.25. The number of fused-ring (bicyclic) bond motifs is 1. The van der Waals surface area contributed by atoms with Gasteiger partial charge in [0.15, 0.2) is 6.04 Å². The number of hydrogen-bond donors (Lipinski definition) is 0. The average molecular weight is 490 g/mol. The lowest BCUT2D eigenvalue weighted by Gasteiger charge is -2.45. The second-order valence-electron chi connectivity index (χ2n) is 9.08. The second kappa shape index (κ2) is 9.31. The van der Waals surface area contributed by atoms with Crippen molar-refractivity contribution in [1.82, 2.24) is 19.9 Å². The molecule has 4 aromatic rings. The molecule has 0 bridgehead atoms. The molecule has 8 heteroatoms. The van der Waals surface area contributed by atoms with Gasteiger partial charge in [-0.05, 0) is 23.3 Å². The summed E-state index contributed by atoms with van der Waals surface area (Å²) in [6.07, 6.45) is 5.71. The van der Waals surface area contributed by atoms with Gasteiger partial charge in [-0.1, -0.05) is 90.2 Å². The van der Waals surface area contributed by atoms with E-state index in [9.17, 15) is 14.4 Å². The summed E-state index contributed by atoms with van der Waals surface area (Å²) in [7, 11) is 0. The zero-order valence-corrected chi connectivity index (χ0v) is 19.8. The third-order valence-corrected chi connectivity index (χ3v) is 6.74. The fourth-order valence-electron chi connectivity index (χ4n) is 4.86. The van der Waals surface area contributed by atoms with E-state index in [-0.39, 0.29) is 18.5 Å². The molecule has 6 rings (SSSR count). The number of carbonyl (C=O) groups is 3. The minimum atomic E-state index is -0.590. The van der Waals surface area contributed by atoms with Gasteiger partial charge < -0.3 is 4.90 Å². The highest BCUT2D eigenvalue weighted by Crippen LogP contribution is 2.34. The summed E-state index contributed by atoms with van der Waals surface area (Å²) >= 11 is 0.